The van der Waals surface area contributed by atoms with Crippen LogP contribution in [0.3, 0.4) is 0 Å². The number of halogens is 1. The highest BCUT2D eigenvalue weighted by Gasteiger charge is 2.05. The minimum Gasteiger partial charge on any atom is -0.359 e. The highest BCUT2D eigenvalue weighted by atomic mass is 35.5. The van der Waals surface area contributed by atoms with Crippen LogP contribution in [0.1, 0.15) is 11.3 Å². The number of aryl methyl sites for hydroxylation is 1. The maximum atomic E-state index is 5.85. The predicted molar refractivity (Wildman–Crippen MR) is 73.0 cm³/mol. The largest absolute Gasteiger partial charge is 0.359 e. The van der Waals surface area contributed by atoms with Gasteiger partial charge in [-0.3, -0.25) is 4.98 Å². The van der Waals surface area contributed by atoms with Crippen LogP contribution in [0.4, 0.5) is 5.82 Å². The molecule has 0 saturated heterocycles. The van der Waals surface area contributed by atoms with Crippen molar-refractivity contribution in [3.05, 3.63) is 47.1 Å². The minimum atomic E-state index is 0.292. The summed E-state index contributed by atoms with van der Waals surface area (Å²) in [6.45, 7) is 2.78. The molecule has 0 atom stereocenters. The molecular weight excluding hydrogens is 248 g/mol. The minimum absolute atomic E-state index is 0.292. The van der Waals surface area contributed by atoms with E-state index in [-0.39, 0.29) is 0 Å². The zero-order valence-corrected chi connectivity index (χ0v) is 11.2. The zero-order valence-electron chi connectivity index (χ0n) is 10.5. The SMILES string of the molecule is Cc1cc(N(C)CCc2ccncc2)nc(Cl)n1. The Morgan fingerprint density at radius 2 is 1.94 bits per heavy atom. The lowest BCUT2D eigenvalue weighted by atomic mass is 10.2. The zero-order chi connectivity index (χ0) is 13.0. The van der Waals surface area contributed by atoms with Crippen molar-refractivity contribution in [3.63, 3.8) is 0 Å². The van der Waals surface area contributed by atoms with Gasteiger partial charge >= 0.3 is 0 Å². The number of hydrogen-bond acceptors (Lipinski definition) is 4. The fourth-order valence-electron chi connectivity index (χ4n) is 1.67. The van der Waals surface area contributed by atoms with E-state index in [4.69, 9.17) is 11.6 Å². The molecule has 2 aromatic rings. The van der Waals surface area contributed by atoms with E-state index in [1.54, 1.807) is 12.4 Å². The van der Waals surface area contributed by atoms with Crippen molar-refractivity contribution in [3.8, 4) is 0 Å². The first-order valence-corrected chi connectivity index (χ1v) is 6.14. The number of likely N-dealkylation sites (N-methyl/N-ethyl adjacent to an activating group) is 1. The van der Waals surface area contributed by atoms with Gasteiger partial charge in [-0.2, -0.15) is 0 Å². The number of pyridine rings is 1. The van der Waals surface area contributed by atoms with E-state index in [1.807, 2.05) is 32.2 Å². The summed E-state index contributed by atoms with van der Waals surface area (Å²) in [5, 5.41) is 0.292. The van der Waals surface area contributed by atoms with E-state index in [9.17, 15) is 0 Å². The summed E-state index contributed by atoms with van der Waals surface area (Å²) < 4.78 is 0. The quantitative estimate of drug-likeness (QED) is 0.794. The van der Waals surface area contributed by atoms with Gasteiger partial charge in [-0.15, -0.1) is 0 Å². The maximum absolute atomic E-state index is 5.85. The molecule has 94 valence electrons. The first-order chi connectivity index (χ1) is 8.65. The Bertz CT molecular complexity index is 495. The summed E-state index contributed by atoms with van der Waals surface area (Å²) in [5.74, 6) is 0.849. The van der Waals surface area contributed by atoms with Crippen molar-refractivity contribution in [1.29, 1.82) is 0 Å². The molecule has 0 bridgehead atoms. The Morgan fingerprint density at radius 3 is 2.61 bits per heavy atom. The van der Waals surface area contributed by atoms with Gasteiger partial charge in [0, 0.05) is 37.7 Å². The second-order valence-electron chi connectivity index (χ2n) is 4.16. The van der Waals surface area contributed by atoms with E-state index in [1.165, 1.54) is 5.56 Å². The summed E-state index contributed by atoms with van der Waals surface area (Å²) in [6, 6.07) is 5.97. The third-order valence-corrected chi connectivity index (χ3v) is 2.86. The molecule has 0 unspecified atom stereocenters. The summed E-state index contributed by atoms with van der Waals surface area (Å²) in [7, 11) is 2.00. The molecule has 0 fully saturated rings. The predicted octanol–water partition coefficient (Wildman–Crippen LogP) is 2.51. The van der Waals surface area contributed by atoms with Crippen molar-refractivity contribution >= 4 is 17.4 Å². The smallest absolute Gasteiger partial charge is 0.224 e. The van der Waals surface area contributed by atoms with Crippen LogP contribution in [0.2, 0.25) is 5.28 Å². The molecule has 5 heteroatoms. The third-order valence-electron chi connectivity index (χ3n) is 2.69. The van der Waals surface area contributed by atoms with Crippen LogP contribution in [0.5, 0.6) is 0 Å². The lowest BCUT2D eigenvalue weighted by molar-refractivity contribution is 0.851. The van der Waals surface area contributed by atoms with E-state index in [0.29, 0.717) is 5.28 Å². The lowest BCUT2D eigenvalue weighted by Crippen LogP contribution is -2.21. The molecule has 0 amide bonds. The van der Waals surface area contributed by atoms with Gasteiger partial charge in [-0.05, 0) is 42.6 Å². The van der Waals surface area contributed by atoms with E-state index in [2.05, 4.69) is 19.9 Å². The first kappa shape index (κ1) is 12.8. The topological polar surface area (TPSA) is 41.9 Å². The van der Waals surface area contributed by atoms with Crippen LogP contribution in [0, 0.1) is 6.92 Å². The Hall–Kier alpha value is -1.68. The lowest BCUT2D eigenvalue weighted by Gasteiger charge is -2.18. The highest BCUT2D eigenvalue weighted by Crippen LogP contribution is 2.14. The number of aromatic nitrogens is 3. The van der Waals surface area contributed by atoms with Crippen LogP contribution in [-0.2, 0) is 6.42 Å². The van der Waals surface area contributed by atoms with E-state index >= 15 is 0 Å². The number of anilines is 1. The molecule has 0 saturated carbocycles. The molecule has 0 radical (unpaired) electrons. The van der Waals surface area contributed by atoms with Crippen molar-refractivity contribution in [2.45, 2.75) is 13.3 Å². The second-order valence-corrected chi connectivity index (χ2v) is 4.50. The van der Waals surface area contributed by atoms with Gasteiger partial charge in [0.05, 0.1) is 0 Å². The highest BCUT2D eigenvalue weighted by molar-refractivity contribution is 6.28. The fourth-order valence-corrected chi connectivity index (χ4v) is 1.89. The van der Waals surface area contributed by atoms with Crippen LogP contribution >= 0.6 is 11.6 Å². The van der Waals surface area contributed by atoms with Crippen LogP contribution in [-0.4, -0.2) is 28.5 Å². The molecule has 4 nitrogen and oxygen atoms in total. The summed E-state index contributed by atoms with van der Waals surface area (Å²) in [5.41, 5.74) is 2.13. The Balaban J connectivity index is 2.01. The summed E-state index contributed by atoms with van der Waals surface area (Å²) in [4.78, 5) is 14.3. The van der Waals surface area contributed by atoms with Gasteiger partial charge in [0.15, 0.2) is 0 Å². The molecule has 18 heavy (non-hydrogen) atoms. The molecule has 2 heterocycles. The molecule has 0 aliphatic carbocycles. The molecule has 0 aliphatic rings. The van der Waals surface area contributed by atoms with Gasteiger partial charge in [0.1, 0.15) is 5.82 Å². The third kappa shape index (κ3) is 3.40. The van der Waals surface area contributed by atoms with Gasteiger partial charge in [-0.1, -0.05) is 0 Å². The number of hydrogen-bond donors (Lipinski definition) is 0. The molecule has 0 spiro atoms. The van der Waals surface area contributed by atoms with Crippen molar-refractivity contribution in [2.75, 3.05) is 18.5 Å². The fraction of sp³-hybridized carbons (Fsp3) is 0.308. The average molecular weight is 263 g/mol. The average Bonchev–Trinajstić information content (AvgIpc) is 2.36. The Morgan fingerprint density at radius 1 is 1.22 bits per heavy atom. The monoisotopic (exact) mass is 262 g/mol. The first-order valence-electron chi connectivity index (χ1n) is 5.76. The van der Waals surface area contributed by atoms with E-state index < -0.39 is 0 Å². The van der Waals surface area contributed by atoms with Crippen LogP contribution < -0.4 is 4.90 Å². The molecular formula is C13H15ClN4. The maximum Gasteiger partial charge on any atom is 0.224 e. The van der Waals surface area contributed by atoms with Gasteiger partial charge in [0.2, 0.25) is 5.28 Å². The van der Waals surface area contributed by atoms with Crippen LogP contribution in [0.15, 0.2) is 30.6 Å². The second kappa shape index (κ2) is 5.78. The summed E-state index contributed by atoms with van der Waals surface area (Å²) in [6.07, 6.45) is 4.56. The normalized spacial score (nSPS) is 10.4. The standard InChI is InChI=1S/C13H15ClN4/c1-10-9-12(17-13(14)16-10)18(2)8-5-11-3-6-15-7-4-11/h3-4,6-7,9H,5,8H2,1-2H3. The van der Waals surface area contributed by atoms with Crippen molar-refractivity contribution in [2.24, 2.45) is 0 Å². The number of rotatable bonds is 4. The van der Waals surface area contributed by atoms with Gasteiger partial charge in [0.25, 0.3) is 0 Å². The van der Waals surface area contributed by atoms with Crippen molar-refractivity contribution < 1.29 is 0 Å². The molecule has 0 aliphatic heterocycles. The van der Waals surface area contributed by atoms with Gasteiger partial charge in [-0.25, -0.2) is 9.97 Å². The molecule has 0 aromatic carbocycles. The van der Waals surface area contributed by atoms with Crippen LogP contribution in [0.25, 0.3) is 0 Å². The Kier molecular flexibility index (Phi) is 4.10. The molecule has 2 rings (SSSR count). The molecule has 2 aromatic heterocycles. The van der Waals surface area contributed by atoms with Crippen molar-refractivity contribution in [1.82, 2.24) is 15.0 Å². The Labute approximate surface area is 112 Å². The van der Waals surface area contributed by atoms with Gasteiger partial charge < -0.3 is 4.90 Å². The summed E-state index contributed by atoms with van der Waals surface area (Å²) >= 11 is 5.85. The van der Waals surface area contributed by atoms with E-state index in [0.717, 1.165) is 24.5 Å². The molecule has 0 N–H and O–H groups in total. The number of nitrogens with zero attached hydrogens (tertiary/aromatic N) is 4.